The second kappa shape index (κ2) is 7.47. The molecule has 2 aliphatic heterocycles. The molecule has 2 saturated heterocycles. The standard InChI is InChI=1S/C21H24N2O4/c1-26-17-6-2-5-15(11-17)19-8-3-9-23(19)21(25)16-12-20(24)22(13-16)14-18-7-4-10-27-18/h2,4-7,10-11,16,19H,3,8-9,12-14H2,1H3. The number of hydrogen-bond acceptors (Lipinski definition) is 4. The lowest BCUT2D eigenvalue weighted by molar-refractivity contribution is -0.136. The highest BCUT2D eigenvalue weighted by molar-refractivity contribution is 5.89. The van der Waals surface area contributed by atoms with Crippen LogP contribution in [0.4, 0.5) is 0 Å². The Morgan fingerprint density at radius 1 is 1.30 bits per heavy atom. The van der Waals surface area contributed by atoms with Gasteiger partial charge in [-0.05, 0) is 42.7 Å². The largest absolute Gasteiger partial charge is 0.497 e. The molecule has 6 nitrogen and oxygen atoms in total. The van der Waals surface area contributed by atoms with Gasteiger partial charge in [-0.3, -0.25) is 9.59 Å². The van der Waals surface area contributed by atoms with Crippen LogP contribution in [0.25, 0.3) is 0 Å². The van der Waals surface area contributed by atoms with Crippen molar-refractivity contribution in [2.24, 2.45) is 5.92 Å². The third-order valence-corrected chi connectivity index (χ3v) is 5.50. The average molecular weight is 368 g/mol. The predicted octanol–water partition coefficient (Wildman–Crippen LogP) is 3.00. The van der Waals surface area contributed by atoms with E-state index in [1.807, 2.05) is 41.3 Å². The maximum Gasteiger partial charge on any atom is 0.228 e. The molecule has 2 fully saturated rings. The maximum absolute atomic E-state index is 13.2. The van der Waals surface area contributed by atoms with Gasteiger partial charge in [0.15, 0.2) is 0 Å². The summed E-state index contributed by atoms with van der Waals surface area (Å²) < 4.78 is 10.7. The second-order valence-corrected chi connectivity index (χ2v) is 7.22. The molecule has 2 amide bonds. The van der Waals surface area contributed by atoms with Crippen molar-refractivity contribution in [3.05, 3.63) is 54.0 Å². The molecule has 1 aromatic heterocycles. The van der Waals surface area contributed by atoms with Crippen LogP contribution in [0.15, 0.2) is 47.1 Å². The fourth-order valence-corrected chi connectivity index (χ4v) is 4.14. The lowest BCUT2D eigenvalue weighted by atomic mass is 10.0. The number of hydrogen-bond donors (Lipinski definition) is 0. The van der Waals surface area contributed by atoms with E-state index in [2.05, 4.69) is 0 Å². The Morgan fingerprint density at radius 3 is 2.96 bits per heavy atom. The summed E-state index contributed by atoms with van der Waals surface area (Å²) in [6.45, 7) is 1.62. The molecule has 142 valence electrons. The zero-order valence-corrected chi connectivity index (χ0v) is 15.5. The van der Waals surface area contributed by atoms with Crippen LogP contribution >= 0.6 is 0 Å². The van der Waals surface area contributed by atoms with Crippen molar-refractivity contribution in [3.63, 3.8) is 0 Å². The van der Waals surface area contributed by atoms with E-state index in [4.69, 9.17) is 9.15 Å². The van der Waals surface area contributed by atoms with E-state index < -0.39 is 0 Å². The van der Waals surface area contributed by atoms with Crippen molar-refractivity contribution in [1.82, 2.24) is 9.80 Å². The van der Waals surface area contributed by atoms with E-state index in [1.165, 1.54) is 0 Å². The molecule has 0 aliphatic carbocycles. The van der Waals surface area contributed by atoms with Crippen LogP contribution < -0.4 is 4.74 Å². The van der Waals surface area contributed by atoms with Gasteiger partial charge in [0.25, 0.3) is 0 Å². The lowest BCUT2D eigenvalue weighted by Gasteiger charge is -2.28. The number of amides is 2. The normalized spacial score (nSPS) is 22.5. The minimum absolute atomic E-state index is 0.0156. The Kier molecular flexibility index (Phi) is 4.88. The second-order valence-electron chi connectivity index (χ2n) is 7.22. The molecule has 2 atom stereocenters. The molecule has 0 bridgehead atoms. The van der Waals surface area contributed by atoms with E-state index >= 15 is 0 Å². The fourth-order valence-electron chi connectivity index (χ4n) is 4.14. The Morgan fingerprint density at radius 2 is 2.19 bits per heavy atom. The Bertz CT molecular complexity index is 817. The van der Waals surface area contributed by atoms with Crippen molar-refractivity contribution >= 4 is 11.8 Å². The first-order valence-electron chi connectivity index (χ1n) is 9.40. The third-order valence-electron chi connectivity index (χ3n) is 5.50. The van der Waals surface area contributed by atoms with Crippen LogP contribution in [0, 0.1) is 5.92 Å². The molecule has 0 N–H and O–H groups in total. The minimum atomic E-state index is -0.279. The first-order chi connectivity index (χ1) is 13.2. The highest BCUT2D eigenvalue weighted by atomic mass is 16.5. The average Bonchev–Trinajstić information content (AvgIpc) is 3.43. The number of likely N-dealkylation sites (tertiary alicyclic amines) is 2. The first kappa shape index (κ1) is 17.6. The van der Waals surface area contributed by atoms with Gasteiger partial charge in [-0.1, -0.05) is 12.1 Å². The lowest BCUT2D eigenvalue weighted by Crippen LogP contribution is -2.37. The first-order valence-corrected chi connectivity index (χ1v) is 9.40. The van der Waals surface area contributed by atoms with E-state index in [9.17, 15) is 9.59 Å². The van der Waals surface area contributed by atoms with Crippen LogP contribution in [-0.2, 0) is 16.1 Å². The van der Waals surface area contributed by atoms with Crippen molar-refractivity contribution < 1.29 is 18.7 Å². The quantitative estimate of drug-likeness (QED) is 0.814. The molecule has 0 saturated carbocycles. The number of rotatable bonds is 5. The summed E-state index contributed by atoms with van der Waals surface area (Å²) in [7, 11) is 1.65. The van der Waals surface area contributed by atoms with E-state index in [0.717, 1.165) is 36.5 Å². The van der Waals surface area contributed by atoms with Gasteiger partial charge in [-0.15, -0.1) is 0 Å². The van der Waals surface area contributed by atoms with Crippen LogP contribution in [0.2, 0.25) is 0 Å². The Balaban J connectivity index is 1.46. The summed E-state index contributed by atoms with van der Waals surface area (Å²) in [5.74, 6) is 1.36. The molecule has 6 heteroatoms. The van der Waals surface area contributed by atoms with Crippen LogP contribution in [0.1, 0.15) is 36.6 Å². The predicted molar refractivity (Wildman–Crippen MR) is 98.9 cm³/mol. The number of carbonyl (C=O) groups excluding carboxylic acids is 2. The van der Waals surface area contributed by atoms with Gasteiger partial charge in [0.2, 0.25) is 11.8 Å². The van der Waals surface area contributed by atoms with Crippen molar-refractivity contribution in [3.8, 4) is 5.75 Å². The molecule has 2 aliphatic rings. The maximum atomic E-state index is 13.2. The van der Waals surface area contributed by atoms with E-state index in [-0.39, 0.29) is 30.2 Å². The zero-order chi connectivity index (χ0) is 18.8. The third kappa shape index (κ3) is 3.56. The molecular formula is C21H24N2O4. The fraction of sp³-hybridized carbons (Fsp3) is 0.429. The summed E-state index contributed by atoms with van der Waals surface area (Å²) >= 11 is 0. The summed E-state index contributed by atoms with van der Waals surface area (Å²) in [5.41, 5.74) is 1.09. The van der Waals surface area contributed by atoms with Crippen molar-refractivity contribution in [2.45, 2.75) is 31.8 Å². The smallest absolute Gasteiger partial charge is 0.228 e. The minimum Gasteiger partial charge on any atom is -0.497 e. The molecule has 2 aromatic rings. The molecule has 27 heavy (non-hydrogen) atoms. The summed E-state index contributed by atoms with van der Waals surface area (Å²) in [6.07, 6.45) is 3.79. The van der Waals surface area contributed by atoms with Gasteiger partial charge in [0, 0.05) is 19.5 Å². The van der Waals surface area contributed by atoms with Crippen LogP contribution in [0.3, 0.4) is 0 Å². The van der Waals surface area contributed by atoms with E-state index in [0.29, 0.717) is 13.1 Å². The number of ether oxygens (including phenoxy) is 1. The number of methoxy groups -OCH3 is 1. The van der Waals surface area contributed by atoms with E-state index in [1.54, 1.807) is 18.3 Å². The molecule has 4 rings (SSSR count). The molecule has 0 spiro atoms. The van der Waals surface area contributed by atoms with Gasteiger partial charge in [-0.2, -0.15) is 0 Å². The van der Waals surface area contributed by atoms with Gasteiger partial charge in [0.05, 0.1) is 31.9 Å². The van der Waals surface area contributed by atoms with Gasteiger partial charge in [-0.25, -0.2) is 0 Å². The van der Waals surface area contributed by atoms with Gasteiger partial charge >= 0.3 is 0 Å². The Labute approximate surface area is 158 Å². The number of furan rings is 1. The van der Waals surface area contributed by atoms with Crippen LogP contribution in [-0.4, -0.2) is 41.8 Å². The molecule has 1 aromatic carbocycles. The number of nitrogens with zero attached hydrogens (tertiary/aromatic N) is 2. The molecule has 0 radical (unpaired) electrons. The SMILES string of the molecule is COc1cccc(C2CCCN2C(=O)C2CC(=O)N(Cc3ccco3)C2)c1. The Hall–Kier alpha value is -2.76. The molecule has 3 heterocycles. The number of carbonyl (C=O) groups is 2. The topological polar surface area (TPSA) is 63.0 Å². The number of benzene rings is 1. The zero-order valence-electron chi connectivity index (χ0n) is 15.5. The summed E-state index contributed by atoms with van der Waals surface area (Å²) in [6, 6.07) is 11.6. The monoisotopic (exact) mass is 368 g/mol. The van der Waals surface area contributed by atoms with Gasteiger partial charge in [0.1, 0.15) is 11.5 Å². The van der Waals surface area contributed by atoms with Gasteiger partial charge < -0.3 is 19.0 Å². The molecule has 2 unspecified atom stereocenters. The van der Waals surface area contributed by atoms with Crippen molar-refractivity contribution in [2.75, 3.05) is 20.2 Å². The highest BCUT2D eigenvalue weighted by Crippen LogP contribution is 2.36. The summed E-state index contributed by atoms with van der Waals surface area (Å²) in [5, 5.41) is 0. The van der Waals surface area contributed by atoms with Crippen molar-refractivity contribution in [1.29, 1.82) is 0 Å². The molecular weight excluding hydrogens is 344 g/mol. The van der Waals surface area contributed by atoms with Crippen LogP contribution in [0.5, 0.6) is 5.75 Å². The highest BCUT2D eigenvalue weighted by Gasteiger charge is 2.40. The summed E-state index contributed by atoms with van der Waals surface area (Å²) in [4.78, 5) is 29.2.